The van der Waals surface area contributed by atoms with E-state index in [4.69, 9.17) is 16.3 Å². The van der Waals surface area contributed by atoms with Crippen molar-refractivity contribution in [3.8, 4) is 0 Å². The van der Waals surface area contributed by atoms with Gasteiger partial charge in [0.2, 0.25) is 0 Å². The minimum Gasteiger partial charge on any atom is -0.461 e. The van der Waals surface area contributed by atoms with Crippen LogP contribution in [0.15, 0.2) is 12.5 Å². The van der Waals surface area contributed by atoms with Gasteiger partial charge in [-0.25, -0.2) is 14.5 Å². The van der Waals surface area contributed by atoms with Gasteiger partial charge in [-0.1, -0.05) is 5.21 Å². The predicted octanol–water partition coefficient (Wildman–Crippen LogP) is 1.77. The maximum atomic E-state index is 11.8. The number of imidazole rings is 1. The normalized spacial score (nSPS) is 14.4. The summed E-state index contributed by atoms with van der Waals surface area (Å²) in [7, 11) is 0. The Balaban J connectivity index is 1.85. The number of carbonyl (C=O) groups excluding carboxylic acids is 1. The van der Waals surface area contributed by atoms with Gasteiger partial charge in [0, 0.05) is 6.04 Å². The molecule has 0 amide bonds. The first-order chi connectivity index (χ1) is 10.2. The quantitative estimate of drug-likeness (QED) is 0.600. The highest BCUT2D eigenvalue weighted by Gasteiger charge is 2.26. The first-order valence-corrected chi connectivity index (χ1v) is 7.44. The molecule has 0 aromatic carbocycles. The van der Waals surface area contributed by atoms with Crippen LogP contribution < -0.4 is 0 Å². The number of esters is 1. The Morgan fingerprint density at radius 2 is 2.33 bits per heavy atom. The maximum absolute atomic E-state index is 11.8. The fourth-order valence-corrected chi connectivity index (χ4v) is 2.50. The fraction of sp³-hybridized carbons (Fsp3) is 0.538. The third kappa shape index (κ3) is 2.78. The van der Waals surface area contributed by atoms with Crippen molar-refractivity contribution < 1.29 is 9.53 Å². The van der Waals surface area contributed by atoms with Crippen LogP contribution in [-0.4, -0.2) is 37.1 Å². The van der Waals surface area contributed by atoms with Crippen LogP contribution in [0.25, 0.3) is 0 Å². The second-order valence-corrected chi connectivity index (χ2v) is 5.19. The minimum absolute atomic E-state index is 0.152. The monoisotopic (exact) mass is 309 g/mol. The first kappa shape index (κ1) is 14.1. The third-order valence-corrected chi connectivity index (χ3v) is 3.68. The Bertz CT molecular complexity index is 647. The summed E-state index contributed by atoms with van der Waals surface area (Å²) < 4.78 is 8.74. The Kier molecular flexibility index (Phi) is 3.92. The molecule has 2 heterocycles. The zero-order valence-electron chi connectivity index (χ0n) is 11.7. The van der Waals surface area contributed by atoms with Crippen LogP contribution in [-0.2, 0) is 17.2 Å². The van der Waals surface area contributed by atoms with Gasteiger partial charge in [0.15, 0.2) is 5.69 Å². The van der Waals surface area contributed by atoms with Gasteiger partial charge in [-0.05, 0) is 19.8 Å². The molecule has 0 atom stereocenters. The van der Waals surface area contributed by atoms with Crippen molar-refractivity contribution in [2.45, 2.75) is 38.2 Å². The number of nitrogens with zero attached hydrogens (tertiary/aromatic N) is 5. The van der Waals surface area contributed by atoms with E-state index in [1.54, 1.807) is 11.6 Å². The Morgan fingerprint density at radius 1 is 1.52 bits per heavy atom. The van der Waals surface area contributed by atoms with E-state index in [1.165, 1.54) is 12.8 Å². The summed E-state index contributed by atoms with van der Waals surface area (Å²) in [5.41, 5.74) is 1.78. The van der Waals surface area contributed by atoms with Crippen LogP contribution >= 0.6 is 11.6 Å². The lowest BCUT2D eigenvalue weighted by Gasteiger charge is -2.08. The summed E-state index contributed by atoms with van der Waals surface area (Å²) >= 11 is 5.95. The number of alkyl halides is 1. The van der Waals surface area contributed by atoms with Crippen LogP contribution in [0.5, 0.6) is 0 Å². The van der Waals surface area contributed by atoms with E-state index in [2.05, 4.69) is 19.9 Å². The van der Waals surface area contributed by atoms with Gasteiger partial charge in [-0.15, -0.1) is 16.7 Å². The molecule has 8 heteroatoms. The Hall–Kier alpha value is -1.89. The molecule has 1 fully saturated rings. The summed E-state index contributed by atoms with van der Waals surface area (Å²) in [5, 5.41) is 7.93. The van der Waals surface area contributed by atoms with Gasteiger partial charge >= 0.3 is 5.97 Å². The van der Waals surface area contributed by atoms with Gasteiger partial charge in [-0.2, -0.15) is 0 Å². The van der Waals surface area contributed by atoms with Gasteiger partial charge < -0.3 is 9.30 Å². The molecular formula is C13H16ClN5O2. The van der Waals surface area contributed by atoms with E-state index < -0.39 is 5.97 Å². The second kappa shape index (κ2) is 5.85. The lowest BCUT2D eigenvalue weighted by atomic mass is 10.3. The number of hydrogen-bond donors (Lipinski definition) is 0. The summed E-state index contributed by atoms with van der Waals surface area (Å²) in [6.45, 7) is 2.53. The van der Waals surface area contributed by atoms with Gasteiger partial charge in [-0.3, -0.25) is 0 Å². The van der Waals surface area contributed by atoms with Gasteiger partial charge in [0.1, 0.15) is 0 Å². The molecule has 1 aliphatic carbocycles. The smallest absolute Gasteiger partial charge is 0.360 e. The Morgan fingerprint density at radius 3 is 3.00 bits per heavy atom. The summed E-state index contributed by atoms with van der Waals surface area (Å²) in [5.74, 6) is -0.339. The van der Waals surface area contributed by atoms with Crippen molar-refractivity contribution in [3.63, 3.8) is 0 Å². The summed E-state index contributed by atoms with van der Waals surface area (Å²) in [6, 6.07) is 0.537. The number of ether oxygens (including phenoxy) is 1. The fourth-order valence-electron chi connectivity index (χ4n) is 2.24. The lowest BCUT2D eigenvalue weighted by Crippen LogP contribution is -2.12. The molecule has 1 aliphatic rings. The highest BCUT2D eigenvalue weighted by atomic mass is 35.5. The van der Waals surface area contributed by atoms with Crippen LogP contribution in [0, 0.1) is 0 Å². The average Bonchev–Trinajstić information content (AvgIpc) is 3.08. The molecule has 2 aromatic heterocycles. The summed E-state index contributed by atoms with van der Waals surface area (Å²) in [4.78, 5) is 16.0. The molecule has 0 spiro atoms. The van der Waals surface area contributed by atoms with Crippen molar-refractivity contribution in [3.05, 3.63) is 29.6 Å². The van der Waals surface area contributed by atoms with Crippen LogP contribution in [0.3, 0.4) is 0 Å². The molecule has 0 N–H and O–H groups in total. The SMILES string of the molecule is CCOC(=O)c1nnn(Cc2cncn2C2CC2)c1CCl. The second-order valence-electron chi connectivity index (χ2n) is 4.92. The van der Waals surface area contributed by atoms with E-state index in [-0.39, 0.29) is 11.6 Å². The molecule has 2 aromatic rings. The highest BCUT2D eigenvalue weighted by Crippen LogP contribution is 2.35. The molecule has 0 saturated heterocycles. The van der Waals surface area contributed by atoms with Gasteiger partial charge in [0.25, 0.3) is 0 Å². The highest BCUT2D eigenvalue weighted by molar-refractivity contribution is 6.17. The molecule has 21 heavy (non-hydrogen) atoms. The van der Waals surface area contributed by atoms with E-state index in [1.807, 2.05) is 12.5 Å². The van der Waals surface area contributed by atoms with E-state index in [0.29, 0.717) is 24.9 Å². The molecule has 3 rings (SSSR count). The van der Waals surface area contributed by atoms with Crippen LogP contribution in [0.4, 0.5) is 0 Å². The molecule has 112 valence electrons. The number of halogens is 1. The standard InChI is InChI=1S/C13H16ClN5O2/c1-2-21-13(20)12-11(5-14)19(17-16-12)7-10-6-15-8-18(10)9-3-4-9/h6,8-9H,2-5,7H2,1H3. The molecule has 0 unspecified atom stereocenters. The largest absolute Gasteiger partial charge is 0.461 e. The first-order valence-electron chi connectivity index (χ1n) is 6.90. The molecule has 1 saturated carbocycles. The van der Waals surface area contributed by atoms with Crippen molar-refractivity contribution in [2.24, 2.45) is 0 Å². The Labute approximate surface area is 126 Å². The third-order valence-electron chi connectivity index (χ3n) is 3.43. The molecule has 0 bridgehead atoms. The topological polar surface area (TPSA) is 74.8 Å². The van der Waals surface area contributed by atoms with Crippen molar-refractivity contribution in [2.75, 3.05) is 6.61 Å². The molecule has 0 radical (unpaired) electrons. The van der Waals surface area contributed by atoms with Gasteiger partial charge in [0.05, 0.1) is 42.9 Å². The van der Waals surface area contributed by atoms with E-state index >= 15 is 0 Å². The number of aromatic nitrogens is 5. The molecule has 0 aliphatic heterocycles. The van der Waals surface area contributed by atoms with Crippen molar-refractivity contribution >= 4 is 17.6 Å². The zero-order chi connectivity index (χ0) is 14.8. The lowest BCUT2D eigenvalue weighted by molar-refractivity contribution is 0.0518. The predicted molar refractivity (Wildman–Crippen MR) is 75.1 cm³/mol. The maximum Gasteiger partial charge on any atom is 0.360 e. The van der Waals surface area contributed by atoms with Crippen LogP contribution in [0.1, 0.15) is 47.7 Å². The zero-order valence-corrected chi connectivity index (χ0v) is 12.5. The average molecular weight is 310 g/mol. The number of hydrogen-bond acceptors (Lipinski definition) is 5. The summed E-state index contributed by atoms with van der Waals surface area (Å²) in [6.07, 6.45) is 5.99. The van der Waals surface area contributed by atoms with Crippen LogP contribution in [0.2, 0.25) is 0 Å². The molecule has 7 nitrogen and oxygen atoms in total. The molecular weight excluding hydrogens is 294 g/mol. The van der Waals surface area contributed by atoms with E-state index in [0.717, 1.165) is 5.69 Å². The number of carbonyl (C=O) groups is 1. The minimum atomic E-state index is -0.491. The van der Waals surface area contributed by atoms with E-state index in [9.17, 15) is 4.79 Å². The van der Waals surface area contributed by atoms with Crippen molar-refractivity contribution in [1.82, 2.24) is 24.5 Å². The van der Waals surface area contributed by atoms with Crippen molar-refractivity contribution in [1.29, 1.82) is 0 Å². The number of rotatable bonds is 6.